The van der Waals surface area contributed by atoms with Crippen molar-refractivity contribution in [2.75, 3.05) is 0 Å². The third-order valence-electron chi connectivity index (χ3n) is 1.74. The van der Waals surface area contributed by atoms with E-state index >= 15 is 0 Å². The monoisotopic (exact) mass is 220 g/mol. The van der Waals surface area contributed by atoms with Crippen molar-refractivity contribution in [1.29, 1.82) is 0 Å². The van der Waals surface area contributed by atoms with Crippen molar-refractivity contribution in [3.8, 4) is 5.75 Å². The number of phenolic OH excluding ortho intramolecular Hbond substituents is 1. The zero-order valence-electron chi connectivity index (χ0n) is 7.38. The third-order valence-corrected chi connectivity index (χ3v) is 1.74. The number of aromatic hydroxyl groups is 1. The highest BCUT2D eigenvalue weighted by Gasteiger charge is 2.35. The Morgan fingerprint density at radius 2 is 2.00 bits per heavy atom. The number of aliphatic carboxylic acids is 1. The van der Waals surface area contributed by atoms with Crippen LogP contribution in [0.3, 0.4) is 0 Å². The van der Waals surface area contributed by atoms with Crippen LogP contribution in [0.1, 0.15) is 12.0 Å². The van der Waals surface area contributed by atoms with Gasteiger partial charge in [-0.3, -0.25) is 4.79 Å². The normalized spacial score (nSPS) is 11.4. The molecule has 2 N–H and O–H groups in total. The van der Waals surface area contributed by atoms with Gasteiger partial charge in [0.1, 0.15) is 6.42 Å². The van der Waals surface area contributed by atoms with E-state index in [9.17, 15) is 18.0 Å². The molecule has 1 aromatic rings. The van der Waals surface area contributed by atoms with Crippen LogP contribution in [0.5, 0.6) is 5.75 Å². The van der Waals surface area contributed by atoms with E-state index < -0.39 is 35.4 Å². The van der Waals surface area contributed by atoms with Crippen LogP contribution in [0, 0.1) is 5.82 Å². The highest BCUT2D eigenvalue weighted by molar-refractivity contribution is 5.68. The van der Waals surface area contributed by atoms with Crippen LogP contribution in [-0.2, 0) is 10.7 Å². The number of benzene rings is 1. The molecule has 0 saturated heterocycles. The molecule has 0 aromatic heterocycles. The Bertz CT molecular complexity index is 390. The molecule has 0 heterocycles. The van der Waals surface area contributed by atoms with Gasteiger partial charge in [0.15, 0.2) is 11.6 Å². The van der Waals surface area contributed by atoms with Crippen molar-refractivity contribution in [3.63, 3.8) is 0 Å². The van der Waals surface area contributed by atoms with Crippen LogP contribution in [0.4, 0.5) is 13.2 Å². The fraction of sp³-hybridized carbons (Fsp3) is 0.222. The summed E-state index contributed by atoms with van der Waals surface area (Å²) in [6, 6.07) is 1.94. The molecule has 82 valence electrons. The highest BCUT2D eigenvalue weighted by atomic mass is 19.3. The number of hydrogen-bond acceptors (Lipinski definition) is 2. The number of carboxylic acids is 1. The van der Waals surface area contributed by atoms with Crippen LogP contribution in [0.2, 0.25) is 0 Å². The maximum atomic E-state index is 13.1. The molecule has 0 aliphatic carbocycles. The maximum Gasteiger partial charge on any atom is 0.309 e. The molecule has 0 aliphatic heterocycles. The van der Waals surface area contributed by atoms with Crippen molar-refractivity contribution in [2.24, 2.45) is 0 Å². The number of phenols is 1. The summed E-state index contributed by atoms with van der Waals surface area (Å²) in [5, 5.41) is 17.0. The average Bonchev–Trinajstić information content (AvgIpc) is 2.07. The predicted octanol–water partition coefficient (Wildman–Crippen LogP) is 2.10. The largest absolute Gasteiger partial charge is 0.505 e. The Morgan fingerprint density at radius 3 is 2.47 bits per heavy atom. The molecule has 6 heteroatoms. The molecule has 0 radical (unpaired) electrons. The number of rotatable bonds is 3. The van der Waals surface area contributed by atoms with Gasteiger partial charge in [-0.05, 0) is 18.2 Å². The van der Waals surface area contributed by atoms with Gasteiger partial charge in [-0.2, -0.15) is 0 Å². The van der Waals surface area contributed by atoms with Crippen molar-refractivity contribution < 1.29 is 28.2 Å². The van der Waals surface area contributed by atoms with Crippen LogP contribution >= 0.6 is 0 Å². The zero-order valence-corrected chi connectivity index (χ0v) is 7.38. The minimum atomic E-state index is -3.65. The van der Waals surface area contributed by atoms with Crippen LogP contribution in [-0.4, -0.2) is 16.2 Å². The van der Waals surface area contributed by atoms with Gasteiger partial charge in [0.05, 0.1) is 0 Å². The molecule has 0 spiro atoms. The van der Waals surface area contributed by atoms with E-state index in [-0.39, 0.29) is 0 Å². The van der Waals surface area contributed by atoms with Gasteiger partial charge in [-0.1, -0.05) is 0 Å². The molecule has 1 aromatic carbocycles. The van der Waals surface area contributed by atoms with E-state index in [4.69, 9.17) is 10.2 Å². The fourth-order valence-electron chi connectivity index (χ4n) is 1.03. The van der Waals surface area contributed by atoms with Gasteiger partial charge in [0.25, 0.3) is 5.92 Å². The molecule has 3 nitrogen and oxygen atoms in total. The molecular weight excluding hydrogens is 213 g/mol. The summed E-state index contributed by atoms with van der Waals surface area (Å²) in [5.41, 5.74) is -0.778. The van der Waals surface area contributed by atoms with E-state index in [1.807, 2.05) is 0 Å². The van der Waals surface area contributed by atoms with Gasteiger partial charge in [-0.15, -0.1) is 0 Å². The molecule has 0 saturated carbocycles. The molecule has 0 atom stereocenters. The zero-order chi connectivity index (χ0) is 11.6. The third kappa shape index (κ3) is 2.61. The van der Waals surface area contributed by atoms with E-state index in [0.29, 0.717) is 6.07 Å². The lowest BCUT2D eigenvalue weighted by molar-refractivity contribution is -0.145. The summed E-state index contributed by atoms with van der Waals surface area (Å²) in [4.78, 5) is 10.1. The van der Waals surface area contributed by atoms with Crippen molar-refractivity contribution >= 4 is 5.97 Å². The summed E-state index contributed by atoms with van der Waals surface area (Å²) in [5.74, 6) is -7.31. The summed E-state index contributed by atoms with van der Waals surface area (Å²) < 4.78 is 38.9. The van der Waals surface area contributed by atoms with Crippen molar-refractivity contribution in [1.82, 2.24) is 0 Å². The first-order valence-electron chi connectivity index (χ1n) is 3.91. The minimum Gasteiger partial charge on any atom is -0.505 e. The predicted molar refractivity (Wildman–Crippen MR) is 44.2 cm³/mol. The smallest absolute Gasteiger partial charge is 0.309 e. The molecule has 0 fully saturated rings. The summed E-state index contributed by atoms with van der Waals surface area (Å²) in [6.07, 6.45) is -1.42. The van der Waals surface area contributed by atoms with E-state index in [2.05, 4.69) is 0 Å². The molecule has 0 bridgehead atoms. The van der Waals surface area contributed by atoms with Gasteiger partial charge in [0.2, 0.25) is 0 Å². The van der Waals surface area contributed by atoms with Crippen molar-refractivity contribution in [3.05, 3.63) is 29.6 Å². The number of carboxylic acid groups (broad SMARTS) is 1. The Labute approximate surface area is 82.8 Å². The maximum absolute atomic E-state index is 13.1. The lowest BCUT2D eigenvalue weighted by Gasteiger charge is -2.14. The molecule has 15 heavy (non-hydrogen) atoms. The van der Waals surface area contributed by atoms with Gasteiger partial charge >= 0.3 is 5.97 Å². The number of hydrogen-bond donors (Lipinski definition) is 2. The Kier molecular flexibility index (Phi) is 2.88. The SMILES string of the molecule is O=C(O)CC(F)(F)c1ccc(O)c(F)c1. The first-order valence-corrected chi connectivity index (χ1v) is 3.91. The topological polar surface area (TPSA) is 57.5 Å². The second-order valence-electron chi connectivity index (χ2n) is 2.94. The van der Waals surface area contributed by atoms with Crippen LogP contribution in [0.15, 0.2) is 18.2 Å². The second-order valence-corrected chi connectivity index (χ2v) is 2.94. The first-order chi connectivity index (χ1) is 6.83. The summed E-state index contributed by atoms with van der Waals surface area (Å²) in [7, 11) is 0. The van der Waals surface area contributed by atoms with Crippen LogP contribution < -0.4 is 0 Å². The van der Waals surface area contributed by atoms with Crippen LogP contribution in [0.25, 0.3) is 0 Å². The van der Waals surface area contributed by atoms with E-state index in [0.717, 1.165) is 12.1 Å². The number of carbonyl (C=O) groups is 1. The fourth-order valence-corrected chi connectivity index (χ4v) is 1.03. The Morgan fingerprint density at radius 1 is 1.40 bits per heavy atom. The van der Waals surface area contributed by atoms with E-state index in [1.165, 1.54) is 0 Å². The summed E-state index contributed by atoms with van der Waals surface area (Å²) >= 11 is 0. The number of halogens is 3. The molecular formula is C9H7F3O3. The first kappa shape index (κ1) is 11.4. The lowest BCUT2D eigenvalue weighted by atomic mass is 10.1. The second kappa shape index (κ2) is 3.80. The number of alkyl halides is 2. The van der Waals surface area contributed by atoms with Gasteiger partial charge in [-0.25, -0.2) is 13.2 Å². The van der Waals surface area contributed by atoms with Gasteiger partial charge in [0, 0.05) is 5.56 Å². The molecule has 1 rings (SSSR count). The average molecular weight is 220 g/mol. The molecule has 0 amide bonds. The summed E-state index contributed by atoms with van der Waals surface area (Å²) in [6.45, 7) is 0. The van der Waals surface area contributed by atoms with E-state index in [1.54, 1.807) is 0 Å². The standard InChI is InChI=1S/C9H7F3O3/c10-6-3-5(1-2-7(6)13)9(11,12)4-8(14)15/h1-3,13H,4H2,(H,14,15). The molecule has 0 unspecified atom stereocenters. The lowest BCUT2D eigenvalue weighted by Crippen LogP contribution is -2.18. The Hall–Kier alpha value is -1.72. The van der Waals surface area contributed by atoms with Crippen molar-refractivity contribution in [2.45, 2.75) is 12.3 Å². The minimum absolute atomic E-state index is 0.415. The van der Waals surface area contributed by atoms with Gasteiger partial charge < -0.3 is 10.2 Å². The Balaban J connectivity index is 3.04. The molecule has 0 aliphatic rings. The highest BCUT2D eigenvalue weighted by Crippen LogP contribution is 2.33. The quantitative estimate of drug-likeness (QED) is 0.820.